The Hall–Kier alpha value is -2.56. The fourth-order valence-corrected chi connectivity index (χ4v) is 2.47. The standard InChI is InChI=1S/C15H15N3O2/c1-17-12-4-3-9(5-11(12)8-14(17)19)10-6-13(16)18(2)15(20)7-10/h3-7H,8,16H2,1-2H3. The quantitative estimate of drug-likeness (QED) is 0.844. The van der Waals surface area contributed by atoms with Gasteiger partial charge in [-0.1, -0.05) is 6.07 Å². The average Bonchev–Trinajstić information content (AvgIpc) is 2.70. The molecule has 0 atom stereocenters. The van der Waals surface area contributed by atoms with Crippen LogP contribution in [0.25, 0.3) is 11.1 Å². The highest BCUT2D eigenvalue weighted by Crippen LogP contribution is 2.31. The van der Waals surface area contributed by atoms with Gasteiger partial charge in [0.15, 0.2) is 0 Å². The van der Waals surface area contributed by atoms with Gasteiger partial charge < -0.3 is 10.6 Å². The predicted molar refractivity (Wildman–Crippen MR) is 78.6 cm³/mol. The van der Waals surface area contributed by atoms with Gasteiger partial charge in [0, 0.05) is 25.8 Å². The van der Waals surface area contributed by atoms with Crippen molar-refractivity contribution in [1.82, 2.24) is 4.57 Å². The number of nitrogen functional groups attached to an aromatic ring is 1. The van der Waals surface area contributed by atoms with Gasteiger partial charge in [0.05, 0.1) is 6.42 Å². The Morgan fingerprint density at radius 3 is 2.50 bits per heavy atom. The molecular formula is C15H15N3O2. The number of hydrogen-bond acceptors (Lipinski definition) is 3. The number of nitrogens with zero attached hydrogens (tertiary/aromatic N) is 2. The minimum atomic E-state index is -0.145. The zero-order valence-corrected chi connectivity index (χ0v) is 11.4. The van der Waals surface area contributed by atoms with Gasteiger partial charge in [-0.3, -0.25) is 14.2 Å². The largest absolute Gasteiger partial charge is 0.385 e. The van der Waals surface area contributed by atoms with E-state index in [1.807, 2.05) is 18.2 Å². The SMILES string of the molecule is CN1C(=O)Cc2cc(-c3cc(N)n(C)c(=O)c3)ccc21. The fourth-order valence-electron chi connectivity index (χ4n) is 2.47. The molecule has 5 nitrogen and oxygen atoms in total. The van der Waals surface area contributed by atoms with Crippen molar-refractivity contribution in [3.8, 4) is 11.1 Å². The molecule has 1 amide bonds. The number of nitrogens with two attached hydrogens (primary N) is 1. The Balaban J connectivity index is 2.12. The lowest BCUT2D eigenvalue weighted by atomic mass is 10.0. The number of hydrogen-bond donors (Lipinski definition) is 1. The van der Waals surface area contributed by atoms with Crippen LogP contribution in [0.5, 0.6) is 0 Å². The summed E-state index contributed by atoms with van der Waals surface area (Å²) >= 11 is 0. The number of likely N-dealkylation sites (N-methyl/N-ethyl adjacent to an activating group) is 1. The Kier molecular flexibility index (Phi) is 2.64. The minimum absolute atomic E-state index is 0.0839. The second-order valence-electron chi connectivity index (χ2n) is 5.04. The Morgan fingerprint density at radius 2 is 1.80 bits per heavy atom. The molecule has 1 aliphatic heterocycles. The summed E-state index contributed by atoms with van der Waals surface area (Å²) in [6.45, 7) is 0. The monoisotopic (exact) mass is 269 g/mol. The van der Waals surface area contributed by atoms with E-state index in [-0.39, 0.29) is 11.5 Å². The third kappa shape index (κ3) is 1.79. The molecule has 2 heterocycles. The van der Waals surface area contributed by atoms with Crippen LogP contribution in [0.15, 0.2) is 35.1 Å². The molecule has 0 fully saturated rings. The number of fused-ring (bicyclic) bond motifs is 1. The number of amides is 1. The summed E-state index contributed by atoms with van der Waals surface area (Å²) in [5.41, 5.74) is 9.25. The van der Waals surface area contributed by atoms with Crippen LogP contribution in [0.1, 0.15) is 5.56 Å². The van der Waals surface area contributed by atoms with E-state index in [4.69, 9.17) is 5.73 Å². The van der Waals surface area contributed by atoms with Crippen molar-refractivity contribution in [2.24, 2.45) is 7.05 Å². The molecule has 20 heavy (non-hydrogen) atoms. The van der Waals surface area contributed by atoms with Crippen LogP contribution in [0.4, 0.5) is 11.5 Å². The van der Waals surface area contributed by atoms with Gasteiger partial charge in [-0.2, -0.15) is 0 Å². The summed E-state index contributed by atoms with van der Waals surface area (Å²) in [6.07, 6.45) is 0.403. The summed E-state index contributed by atoms with van der Waals surface area (Å²) in [6, 6.07) is 9.08. The van der Waals surface area contributed by atoms with Crippen LogP contribution in [-0.2, 0) is 18.3 Å². The van der Waals surface area contributed by atoms with E-state index in [0.717, 1.165) is 22.4 Å². The number of carbonyl (C=O) groups is 1. The topological polar surface area (TPSA) is 68.3 Å². The maximum Gasteiger partial charge on any atom is 0.252 e. The third-order valence-electron chi connectivity index (χ3n) is 3.79. The predicted octanol–water partition coefficient (Wildman–Crippen LogP) is 1.15. The van der Waals surface area contributed by atoms with Gasteiger partial charge in [0.2, 0.25) is 5.91 Å². The summed E-state index contributed by atoms with van der Waals surface area (Å²) in [5, 5.41) is 0. The van der Waals surface area contributed by atoms with Crippen molar-refractivity contribution in [2.45, 2.75) is 6.42 Å². The van der Waals surface area contributed by atoms with Crippen molar-refractivity contribution < 1.29 is 4.79 Å². The van der Waals surface area contributed by atoms with E-state index in [1.165, 1.54) is 4.57 Å². The molecular weight excluding hydrogens is 254 g/mol. The van der Waals surface area contributed by atoms with Gasteiger partial charge in [0.1, 0.15) is 5.82 Å². The fraction of sp³-hybridized carbons (Fsp3) is 0.200. The molecule has 5 heteroatoms. The summed E-state index contributed by atoms with van der Waals surface area (Å²) < 4.78 is 1.40. The molecule has 3 rings (SSSR count). The van der Waals surface area contributed by atoms with E-state index in [1.54, 1.807) is 31.1 Å². The summed E-state index contributed by atoms with van der Waals surface area (Å²) in [4.78, 5) is 25.1. The Labute approximate surface area is 116 Å². The van der Waals surface area contributed by atoms with Gasteiger partial charge in [-0.25, -0.2) is 0 Å². The van der Waals surface area contributed by atoms with Crippen LogP contribution < -0.4 is 16.2 Å². The molecule has 1 aliphatic rings. The Morgan fingerprint density at radius 1 is 1.05 bits per heavy atom. The minimum Gasteiger partial charge on any atom is -0.385 e. The van der Waals surface area contributed by atoms with Crippen LogP contribution in [-0.4, -0.2) is 17.5 Å². The number of pyridine rings is 1. The maximum absolute atomic E-state index is 11.8. The highest BCUT2D eigenvalue weighted by molar-refractivity contribution is 6.01. The van der Waals surface area contributed by atoms with Crippen molar-refractivity contribution in [1.29, 1.82) is 0 Å². The van der Waals surface area contributed by atoms with Crippen molar-refractivity contribution in [3.05, 3.63) is 46.2 Å². The van der Waals surface area contributed by atoms with E-state index < -0.39 is 0 Å². The number of carbonyl (C=O) groups excluding carboxylic acids is 1. The zero-order chi connectivity index (χ0) is 14.4. The number of aromatic nitrogens is 1. The average molecular weight is 269 g/mol. The molecule has 0 bridgehead atoms. The first-order chi connectivity index (χ1) is 9.47. The van der Waals surface area contributed by atoms with E-state index in [2.05, 4.69) is 0 Å². The number of rotatable bonds is 1. The van der Waals surface area contributed by atoms with Crippen molar-refractivity contribution >= 4 is 17.4 Å². The second-order valence-corrected chi connectivity index (χ2v) is 5.04. The first kappa shape index (κ1) is 12.5. The molecule has 1 aromatic heterocycles. The molecule has 0 radical (unpaired) electrons. The molecule has 1 aromatic carbocycles. The molecule has 0 saturated carbocycles. The lowest BCUT2D eigenvalue weighted by Crippen LogP contribution is -2.20. The molecule has 0 spiro atoms. The molecule has 2 aromatic rings. The van der Waals surface area contributed by atoms with Crippen molar-refractivity contribution in [2.75, 3.05) is 17.7 Å². The van der Waals surface area contributed by atoms with Gasteiger partial charge in [-0.05, 0) is 34.9 Å². The number of anilines is 2. The van der Waals surface area contributed by atoms with E-state index in [0.29, 0.717) is 12.2 Å². The van der Waals surface area contributed by atoms with Gasteiger partial charge in [0.25, 0.3) is 5.56 Å². The lowest BCUT2D eigenvalue weighted by Gasteiger charge is -2.11. The van der Waals surface area contributed by atoms with Crippen LogP contribution in [0.2, 0.25) is 0 Å². The van der Waals surface area contributed by atoms with Crippen molar-refractivity contribution in [3.63, 3.8) is 0 Å². The lowest BCUT2D eigenvalue weighted by molar-refractivity contribution is -0.117. The third-order valence-corrected chi connectivity index (χ3v) is 3.79. The molecule has 0 unspecified atom stereocenters. The van der Waals surface area contributed by atoms with Gasteiger partial charge in [-0.15, -0.1) is 0 Å². The number of benzene rings is 1. The first-order valence-corrected chi connectivity index (χ1v) is 6.34. The first-order valence-electron chi connectivity index (χ1n) is 6.34. The highest BCUT2D eigenvalue weighted by atomic mass is 16.2. The normalized spacial score (nSPS) is 13.7. The molecule has 0 saturated heterocycles. The highest BCUT2D eigenvalue weighted by Gasteiger charge is 2.24. The van der Waals surface area contributed by atoms with Crippen LogP contribution in [0.3, 0.4) is 0 Å². The van der Waals surface area contributed by atoms with Crippen LogP contribution in [0, 0.1) is 0 Å². The molecule has 2 N–H and O–H groups in total. The van der Waals surface area contributed by atoms with E-state index >= 15 is 0 Å². The Bertz CT molecular complexity index is 777. The molecule has 0 aliphatic carbocycles. The molecule has 102 valence electrons. The summed E-state index contributed by atoms with van der Waals surface area (Å²) in [5.74, 6) is 0.502. The van der Waals surface area contributed by atoms with Gasteiger partial charge >= 0.3 is 0 Å². The zero-order valence-electron chi connectivity index (χ0n) is 11.4. The second kappa shape index (κ2) is 4.23. The van der Waals surface area contributed by atoms with E-state index in [9.17, 15) is 9.59 Å². The van der Waals surface area contributed by atoms with Crippen LogP contribution >= 0.6 is 0 Å². The maximum atomic E-state index is 11.8. The smallest absolute Gasteiger partial charge is 0.252 e. The summed E-state index contributed by atoms with van der Waals surface area (Å²) in [7, 11) is 3.40.